The average molecular weight is 266 g/mol. The maximum Gasteiger partial charge on any atom is 0.261 e. The number of aryl methyl sites for hydroxylation is 3. The van der Waals surface area contributed by atoms with E-state index in [-0.39, 0.29) is 5.56 Å². The van der Waals surface area contributed by atoms with Gasteiger partial charge in [-0.25, -0.2) is 9.55 Å². The van der Waals surface area contributed by atoms with E-state index in [1.807, 2.05) is 60.3 Å². The molecule has 0 aliphatic rings. The van der Waals surface area contributed by atoms with Crippen molar-refractivity contribution < 1.29 is 4.57 Å². The van der Waals surface area contributed by atoms with Crippen LogP contribution >= 0.6 is 0 Å². The fraction of sp³-hybridized carbons (Fsp3) is 0.188. The van der Waals surface area contributed by atoms with Crippen LogP contribution in [0.5, 0.6) is 0 Å². The average Bonchev–Trinajstić information content (AvgIpc) is 2.48. The Bertz CT molecular complexity index is 794. The maximum atomic E-state index is 12.4. The molecule has 4 heteroatoms. The number of hydrogen-bond acceptors (Lipinski definition) is 2. The quantitative estimate of drug-likeness (QED) is 0.677. The van der Waals surface area contributed by atoms with Crippen LogP contribution in [0.3, 0.4) is 0 Å². The summed E-state index contributed by atoms with van der Waals surface area (Å²) >= 11 is 0. The van der Waals surface area contributed by atoms with Gasteiger partial charge >= 0.3 is 0 Å². The van der Waals surface area contributed by atoms with E-state index in [1.165, 1.54) is 0 Å². The minimum Gasteiger partial charge on any atom is -0.292 e. The molecule has 0 unspecified atom stereocenters. The highest BCUT2D eigenvalue weighted by molar-refractivity contribution is 5.80. The lowest BCUT2D eigenvalue weighted by Crippen LogP contribution is -2.36. The first-order valence-corrected chi connectivity index (χ1v) is 6.64. The Morgan fingerprint density at radius 2 is 1.95 bits per heavy atom. The molecule has 0 bridgehead atoms. The van der Waals surface area contributed by atoms with Gasteiger partial charge in [0.1, 0.15) is 0 Å². The predicted molar refractivity (Wildman–Crippen MR) is 77.4 cm³/mol. The second kappa shape index (κ2) is 5.25. The van der Waals surface area contributed by atoms with Gasteiger partial charge in [-0.05, 0) is 18.6 Å². The molecule has 3 rings (SSSR count). The third-order valence-electron chi connectivity index (χ3n) is 3.43. The van der Waals surface area contributed by atoms with Crippen molar-refractivity contribution in [3.63, 3.8) is 0 Å². The third kappa shape index (κ3) is 2.32. The predicted octanol–water partition coefficient (Wildman–Crippen LogP) is 1.69. The monoisotopic (exact) mass is 266 g/mol. The lowest BCUT2D eigenvalue weighted by Gasteiger charge is -2.06. The maximum absolute atomic E-state index is 12.4. The van der Waals surface area contributed by atoms with Crippen molar-refractivity contribution in [3.8, 4) is 0 Å². The Kier molecular flexibility index (Phi) is 3.29. The molecule has 0 aliphatic carbocycles. The van der Waals surface area contributed by atoms with Crippen molar-refractivity contribution in [2.75, 3.05) is 0 Å². The standard InChI is InChI=1S/C16H16N3O/c1-13-6-5-7-14-15(13)17-12-19(16(14)20)11-10-18-8-3-2-4-9-18/h2-9,12H,10-11H2,1H3/q+1. The van der Waals surface area contributed by atoms with E-state index in [0.29, 0.717) is 11.9 Å². The SMILES string of the molecule is Cc1cccc2c(=O)n(CC[n+]3ccccc3)cnc12. The normalized spacial score (nSPS) is 10.8. The van der Waals surface area contributed by atoms with E-state index in [2.05, 4.69) is 4.98 Å². The highest BCUT2D eigenvalue weighted by Crippen LogP contribution is 2.10. The summed E-state index contributed by atoms with van der Waals surface area (Å²) in [5.74, 6) is 0. The van der Waals surface area contributed by atoms with Crippen molar-refractivity contribution in [2.24, 2.45) is 0 Å². The van der Waals surface area contributed by atoms with Crippen LogP contribution in [0.15, 0.2) is 59.9 Å². The summed E-state index contributed by atoms with van der Waals surface area (Å²) in [6, 6.07) is 11.6. The molecule has 20 heavy (non-hydrogen) atoms. The van der Waals surface area contributed by atoms with E-state index in [4.69, 9.17) is 0 Å². The van der Waals surface area contributed by atoms with Crippen LogP contribution in [-0.2, 0) is 13.1 Å². The number of nitrogens with zero attached hydrogens (tertiary/aromatic N) is 3. The molecule has 3 aromatic rings. The largest absolute Gasteiger partial charge is 0.292 e. The van der Waals surface area contributed by atoms with Gasteiger partial charge in [0.05, 0.1) is 23.8 Å². The molecule has 0 radical (unpaired) electrons. The minimum absolute atomic E-state index is 0.0234. The van der Waals surface area contributed by atoms with Gasteiger partial charge in [0.15, 0.2) is 18.9 Å². The smallest absolute Gasteiger partial charge is 0.261 e. The number of hydrogen-bond donors (Lipinski definition) is 0. The molecular weight excluding hydrogens is 250 g/mol. The number of benzene rings is 1. The summed E-state index contributed by atoms with van der Waals surface area (Å²) in [7, 11) is 0. The molecule has 0 amide bonds. The first-order chi connectivity index (χ1) is 9.75. The molecule has 0 fully saturated rings. The van der Waals surface area contributed by atoms with E-state index in [9.17, 15) is 4.79 Å². The Labute approximate surface area is 117 Å². The molecule has 0 saturated carbocycles. The summed E-state index contributed by atoms with van der Waals surface area (Å²) < 4.78 is 3.72. The highest BCUT2D eigenvalue weighted by Gasteiger charge is 2.07. The van der Waals surface area contributed by atoms with Crippen LogP contribution in [0.2, 0.25) is 0 Å². The molecule has 0 spiro atoms. The molecule has 4 nitrogen and oxygen atoms in total. The molecule has 100 valence electrons. The Hall–Kier alpha value is -2.49. The number of fused-ring (bicyclic) bond motifs is 1. The van der Waals surface area contributed by atoms with E-state index in [0.717, 1.165) is 17.6 Å². The van der Waals surface area contributed by atoms with Gasteiger partial charge in [-0.15, -0.1) is 0 Å². The number of rotatable bonds is 3. The van der Waals surface area contributed by atoms with Crippen LogP contribution in [-0.4, -0.2) is 9.55 Å². The lowest BCUT2D eigenvalue weighted by atomic mass is 10.1. The van der Waals surface area contributed by atoms with Gasteiger partial charge < -0.3 is 0 Å². The van der Waals surface area contributed by atoms with Crippen molar-refractivity contribution in [1.29, 1.82) is 0 Å². The first-order valence-electron chi connectivity index (χ1n) is 6.64. The van der Waals surface area contributed by atoms with Crippen molar-refractivity contribution in [3.05, 3.63) is 71.0 Å². The summed E-state index contributed by atoms with van der Waals surface area (Å²) in [4.78, 5) is 16.8. The summed E-state index contributed by atoms with van der Waals surface area (Å²) in [6.07, 6.45) is 5.62. The fourth-order valence-corrected chi connectivity index (χ4v) is 2.30. The Morgan fingerprint density at radius 1 is 1.15 bits per heavy atom. The molecular formula is C16H16N3O+. The van der Waals surface area contributed by atoms with Crippen LogP contribution < -0.4 is 10.1 Å². The van der Waals surface area contributed by atoms with Crippen molar-refractivity contribution >= 4 is 10.9 Å². The molecule has 0 N–H and O–H groups in total. The van der Waals surface area contributed by atoms with E-state index >= 15 is 0 Å². The number of pyridine rings is 1. The van der Waals surface area contributed by atoms with Crippen LogP contribution in [0.1, 0.15) is 5.56 Å². The fourth-order valence-electron chi connectivity index (χ4n) is 2.30. The zero-order valence-corrected chi connectivity index (χ0v) is 11.4. The first kappa shape index (κ1) is 12.5. The van der Waals surface area contributed by atoms with E-state index < -0.39 is 0 Å². The van der Waals surface area contributed by atoms with Crippen LogP contribution in [0, 0.1) is 6.92 Å². The highest BCUT2D eigenvalue weighted by atomic mass is 16.1. The number of para-hydroxylation sites is 1. The van der Waals surface area contributed by atoms with Crippen LogP contribution in [0.4, 0.5) is 0 Å². The number of aromatic nitrogens is 3. The Morgan fingerprint density at radius 3 is 2.75 bits per heavy atom. The molecule has 1 aromatic carbocycles. The van der Waals surface area contributed by atoms with Gasteiger partial charge in [-0.1, -0.05) is 18.2 Å². The van der Waals surface area contributed by atoms with Crippen LogP contribution in [0.25, 0.3) is 10.9 Å². The topological polar surface area (TPSA) is 38.8 Å². The van der Waals surface area contributed by atoms with E-state index in [1.54, 1.807) is 10.9 Å². The third-order valence-corrected chi connectivity index (χ3v) is 3.43. The van der Waals surface area contributed by atoms with Crippen molar-refractivity contribution in [2.45, 2.75) is 20.0 Å². The van der Waals surface area contributed by atoms with Gasteiger partial charge in [0, 0.05) is 12.1 Å². The summed E-state index contributed by atoms with van der Waals surface area (Å²) in [5, 5.41) is 0.686. The molecule has 0 aliphatic heterocycles. The molecule has 0 atom stereocenters. The second-order valence-corrected chi connectivity index (χ2v) is 4.83. The van der Waals surface area contributed by atoms with Crippen molar-refractivity contribution in [1.82, 2.24) is 9.55 Å². The minimum atomic E-state index is 0.0234. The zero-order valence-electron chi connectivity index (χ0n) is 11.4. The Balaban J connectivity index is 1.93. The lowest BCUT2D eigenvalue weighted by molar-refractivity contribution is -0.698. The molecule has 0 saturated heterocycles. The molecule has 2 aromatic heterocycles. The van der Waals surface area contributed by atoms with Gasteiger partial charge in [0.25, 0.3) is 5.56 Å². The zero-order chi connectivity index (χ0) is 13.9. The summed E-state index contributed by atoms with van der Waals surface area (Å²) in [6.45, 7) is 3.34. The van der Waals surface area contributed by atoms with Gasteiger partial charge in [0.2, 0.25) is 0 Å². The molecule has 2 heterocycles. The second-order valence-electron chi connectivity index (χ2n) is 4.83. The van der Waals surface area contributed by atoms with Gasteiger partial charge in [-0.3, -0.25) is 9.36 Å². The summed E-state index contributed by atoms with van der Waals surface area (Å²) in [5.41, 5.74) is 1.85. The van der Waals surface area contributed by atoms with Gasteiger partial charge in [-0.2, -0.15) is 0 Å².